The molecule has 1 aliphatic rings. The van der Waals surface area contributed by atoms with E-state index < -0.39 is 0 Å². The lowest BCUT2D eigenvalue weighted by Crippen LogP contribution is -2.38. The van der Waals surface area contributed by atoms with Crippen molar-refractivity contribution in [1.82, 2.24) is 9.80 Å². The quantitative estimate of drug-likeness (QED) is 0.688. The lowest BCUT2D eigenvalue weighted by molar-refractivity contribution is -0.129. The molecule has 6 heteroatoms. The van der Waals surface area contributed by atoms with Crippen molar-refractivity contribution in [2.75, 3.05) is 26.7 Å². The molecule has 0 aliphatic carbocycles. The molecule has 1 heterocycles. The lowest BCUT2D eigenvalue weighted by atomic mass is 10.2. The molecule has 0 unspecified atom stereocenters. The van der Waals surface area contributed by atoms with Crippen LogP contribution in [0.5, 0.6) is 0 Å². The monoisotopic (exact) mass is 392 g/mol. The summed E-state index contributed by atoms with van der Waals surface area (Å²) in [6, 6.07) is 5.22. The standard InChI is InChI=1S/C13H14ClIN2O2/c1-16-5-2-6-17(8-12(16)18)13(19)10-7-9(14)3-4-11(10)15/h3-4,7H,2,5-6,8H2,1H3. The fourth-order valence-corrected chi connectivity index (χ4v) is 2.73. The largest absolute Gasteiger partial charge is 0.344 e. The Bertz CT molecular complexity index is 521. The van der Waals surface area contributed by atoms with E-state index in [0.717, 1.165) is 9.99 Å². The van der Waals surface area contributed by atoms with E-state index in [1.54, 1.807) is 29.0 Å². The molecule has 1 aromatic carbocycles. The fourth-order valence-electron chi connectivity index (χ4n) is 1.99. The summed E-state index contributed by atoms with van der Waals surface area (Å²) in [7, 11) is 1.76. The van der Waals surface area contributed by atoms with Crippen molar-refractivity contribution in [2.24, 2.45) is 0 Å². The molecule has 19 heavy (non-hydrogen) atoms. The maximum absolute atomic E-state index is 12.5. The minimum atomic E-state index is -0.129. The predicted molar refractivity (Wildman–Crippen MR) is 82.3 cm³/mol. The zero-order valence-electron chi connectivity index (χ0n) is 10.5. The molecule has 1 aliphatic heterocycles. The van der Waals surface area contributed by atoms with Crippen LogP contribution < -0.4 is 0 Å². The molecule has 0 spiro atoms. The molecule has 0 aromatic heterocycles. The Hall–Kier alpha value is -0.820. The minimum absolute atomic E-state index is 0.0251. The van der Waals surface area contributed by atoms with E-state index in [1.165, 1.54) is 0 Å². The molecule has 2 amide bonds. The summed E-state index contributed by atoms with van der Waals surface area (Å²) in [6.45, 7) is 1.42. The third kappa shape index (κ3) is 3.39. The van der Waals surface area contributed by atoms with Crippen molar-refractivity contribution in [3.8, 4) is 0 Å². The molecule has 102 valence electrons. The van der Waals surface area contributed by atoms with Gasteiger partial charge in [-0.25, -0.2) is 0 Å². The average molecular weight is 393 g/mol. The van der Waals surface area contributed by atoms with Gasteiger partial charge in [0, 0.05) is 28.7 Å². The molecule has 1 saturated heterocycles. The van der Waals surface area contributed by atoms with Crippen LogP contribution in [0.2, 0.25) is 5.02 Å². The molecule has 0 bridgehead atoms. The molecule has 0 atom stereocenters. The minimum Gasteiger partial charge on any atom is -0.344 e. The van der Waals surface area contributed by atoms with Gasteiger partial charge in [0.25, 0.3) is 5.91 Å². The van der Waals surface area contributed by atoms with E-state index in [1.807, 2.05) is 6.07 Å². The van der Waals surface area contributed by atoms with E-state index in [4.69, 9.17) is 11.6 Å². The van der Waals surface area contributed by atoms with Gasteiger partial charge in [-0.15, -0.1) is 0 Å². The first-order chi connectivity index (χ1) is 8.99. The summed E-state index contributed by atoms with van der Waals surface area (Å²) in [5.41, 5.74) is 0.561. The molecule has 0 saturated carbocycles. The Balaban J connectivity index is 2.23. The first-order valence-electron chi connectivity index (χ1n) is 5.97. The average Bonchev–Trinajstić information content (AvgIpc) is 2.54. The third-order valence-electron chi connectivity index (χ3n) is 3.12. The lowest BCUT2D eigenvalue weighted by Gasteiger charge is -2.20. The van der Waals surface area contributed by atoms with Gasteiger partial charge in [-0.1, -0.05) is 11.6 Å². The van der Waals surface area contributed by atoms with E-state index in [-0.39, 0.29) is 18.4 Å². The first kappa shape index (κ1) is 14.6. The van der Waals surface area contributed by atoms with Crippen molar-refractivity contribution < 1.29 is 9.59 Å². The van der Waals surface area contributed by atoms with Crippen LogP contribution in [0.15, 0.2) is 18.2 Å². The van der Waals surface area contributed by atoms with Gasteiger partial charge in [-0.2, -0.15) is 0 Å². The first-order valence-corrected chi connectivity index (χ1v) is 7.43. The van der Waals surface area contributed by atoms with Gasteiger partial charge >= 0.3 is 0 Å². The summed E-state index contributed by atoms with van der Waals surface area (Å²) in [4.78, 5) is 27.5. The predicted octanol–water partition coefficient (Wildman–Crippen LogP) is 2.25. The molecule has 0 radical (unpaired) electrons. The molecular formula is C13H14ClIN2O2. The van der Waals surface area contributed by atoms with Crippen LogP contribution in [0.4, 0.5) is 0 Å². The summed E-state index contributed by atoms with van der Waals surface area (Å²) in [5, 5.41) is 0.530. The number of rotatable bonds is 1. The number of halogens is 2. The third-order valence-corrected chi connectivity index (χ3v) is 4.30. The SMILES string of the molecule is CN1CCCN(C(=O)c2cc(Cl)ccc2I)CC1=O. The van der Waals surface area contributed by atoms with Crippen molar-refractivity contribution >= 4 is 46.0 Å². The Kier molecular flexibility index (Phi) is 4.67. The molecular weight excluding hydrogens is 379 g/mol. The van der Waals surface area contributed by atoms with Crippen molar-refractivity contribution in [1.29, 1.82) is 0 Å². The van der Waals surface area contributed by atoms with Crippen LogP contribution in [-0.4, -0.2) is 48.3 Å². The highest BCUT2D eigenvalue weighted by molar-refractivity contribution is 14.1. The van der Waals surface area contributed by atoms with Crippen LogP contribution in [0.1, 0.15) is 16.8 Å². The Morgan fingerprint density at radius 3 is 2.84 bits per heavy atom. The van der Waals surface area contributed by atoms with Gasteiger partial charge in [-0.05, 0) is 47.2 Å². The van der Waals surface area contributed by atoms with E-state index in [2.05, 4.69) is 22.6 Å². The van der Waals surface area contributed by atoms with Gasteiger partial charge in [0.2, 0.25) is 5.91 Å². The van der Waals surface area contributed by atoms with Crippen LogP contribution >= 0.6 is 34.2 Å². The number of nitrogens with zero attached hydrogens (tertiary/aromatic N) is 2. The van der Waals surface area contributed by atoms with E-state index in [9.17, 15) is 9.59 Å². The van der Waals surface area contributed by atoms with Crippen LogP contribution in [0.3, 0.4) is 0 Å². The second-order valence-electron chi connectivity index (χ2n) is 4.52. The van der Waals surface area contributed by atoms with Gasteiger partial charge in [0.1, 0.15) is 6.54 Å². The van der Waals surface area contributed by atoms with Crippen molar-refractivity contribution in [3.63, 3.8) is 0 Å². The molecule has 0 N–H and O–H groups in total. The van der Waals surface area contributed by atoms with Gasteiger partial charge in [0.05, 0.1) is 5.56 Å². The number of amides is 2. The highest BCUT2D eigenvalue weighted by Crippen LogP contribution is 2.20. The van der Waals surface area contributed by atoms with Crippen molar-refractivity contribution in [2.45, 2.75) is 6.42 Å². The topological polar surface area (TPSA) is 40.6 Å². The maximum atomic E-state index is 12.5. The number of hydrogen-bond donors (Lipinski definition) is 0. The Morgan fingerprint density at radius 2 is 2.11 bits per heavy atom. The van der Waals surface area contributed by atoms with Crippen LogP contribution in [0, 0.1) is 3.57 Å². The summed E-state index contributed by atoms with van der Waals surface area (Å²) < 4.78 is 0.844. The van der Waals surface area contributed by atoms with Gasteiger partial charge < -0.3 is 9.80 Å². The number of hydrogen-bond acceptors (Lipinski definition) is 2. The second kappa shape index (κ2) is 6.09. The zero-order chi connectivity index (χ0) is 14.0. The number of carbonyl (C=O) groups is 2. The van der Waals surface area contributed by atoms with Gasteiger partial charge in [0.15, 0.2) is 0 Å². The highest BCUT2D eigenvalue weighted by Gasteiger charge is 2.24. The smallest absolute Gasteiger partial charge is 0.255 e. The molecule has 1 fully saturated rings. The van der Waals surface area contributed by atoms with Crippen LogP contribution in [0.25, 0.3) is 0 Å². The highest BCUT2D eigenvalue weighted by atomic mass is 127. The number of likely N-dealkylation sites (N-methyl/N-ethyl adjacent to an activating group) is 1. The van der Waals surface area contributed by atoms with Gasteiger partial charge in [-0.3, -0.25) is 9.59 Å². The number of carbonyl (C=O) groups excluding carboxylic acids is 2. The second-order valence-corrected chi connectivity index (χ2v) is 6.12. The number of benzene rings is 1. The summed E-state index contributed by atoms with van der Waals surface area (Å²) in [5.74, 6) is -0.154. The van der Waals surface area contributed by atoms with Crippen molar-refractivity contribution in [3.05, 3.63) is 32.4 Å². The Labute approximate surface area is 130 Å². The zero-order valence-corrected chi connectivity index (χ0v) is 13.4. The molecule has 1 aromatic rings. The Morgan fingerprint density at radius 1 is 1.37 bits per heavy atom. The molecule has 2 rings (SSSR count). The summed E-state index contributed by atoms with van der Waals surface area (Å²) >= 11 is 8.04. The van der Waals surface area contributed by atoms with E-state index >= 15 is 0 Å². The summed E-state index contributed by atoms with van der Waals surface area (Å²) in [6.07, 6.45) is 0.797. The normalized spacial score (nSPS) is 16.5. The fraction of sp³-hybridized carbons (Fsp3) is 0.385. The maximum Gasteiger partial charge on any atom is 0.255 e. The molecule has 4 nitrogen and oxygen atoms in total. The van der Waals surface area contributed by atoms with E-state index in [0.29, 0.717) is 23.7 Å². The van der Waals surface area contributed by atoms with Crippen LogP contribution in [-0.2, 0) is 4.79 Å².